The summed E-state index contributed by atoms with van der Waals surface area (Å²) in [7, 11) is -3.26. The first-order chi connectivity index (χ1) is 19.1. The number of hydrogen-bond acceptors (Lipinski definition) is 8. The van der Waals surface area contributed by atoms with Crippen LogP contribution in [0.2, 0.25) is 0 Å². The van der Waals surface area contributed by atoms with Crippen LogP contribution in [0, 0.1) is 6.92 Å². The van der Waals surface area contributed by atoms with Gasteiger partial charge in [0.05, 0.1) is 31.4 Å². The maximum atomic E-state index is 12.6. The Morgan fingerprint density at radius 3 is 2.52 bits per heavy atom. The van der Waals surface area contributed by atoms with Crippen LogP contribution in [0.4, 0.5) is 20.3 Å². The fourth-order valence-corrected chi connectivity index (χ4v) is 4.35. The SMILES string of the molecule is Cc1cc(Nc2nccn3c(-c4ccc(OC(F)F)cc4)cnc23)ccc1C(=O)NCCOCCNS(C)(=O)=O. The van der Waals surface area contributed by atoms with E-state index in [1.807, 2.05) is 17.4 Å². The van der Waals surface area contributed by atoms with Crippen molar-refractivity contribution in [3.8, 4) is 17.0 Å². The Labute approximate surface area is 229 Å². The highest BCUT2D eigenvalue weighted by atomic mass is 32.2. The fourth-order valence-electron chi connectivity index (χ4n) is 3.89. The van der Waals surface area contributed by atoms with Crippen LogP contribution < -0.4 is 20.1 Å². The normalized spacial score (nSPS) is 11.6. The van der Waals surface area contributed by atoms with Crippen LogP contribution in [-0.2, 0) is 14.8 Å². The van der Waals surface area contributed by atoms with Crippen molar-refractivity contribution in [2.24, 2.45) is 0 Å². The number of rotatable bonds is 13. The van der Waals surface area contributed by atoms with Gasteiger partial charge in [-0.1, -0.05) is 0 Å². The molecule has 3 N–H and O–H groups in total. The Balaban J connectivity index is 1.37. The highest BCUT2D eigenvalue weighted by Crippen LogP contribution is 2.27. The molecule has 1 amide bonds. The monoisotopic (exact) mass is 574 g/mol. The van der Waals surface area contributed by atoms with Gasteiger partial charge in [0.15, 0.2) is 11.5 Å². The molecule has 0 saturated heterocycles. The Morgan fingerprint density at radius 1 is 1.07 bits per heavy atom. The summed E-state index contributed by atoms with van der Waals surface area (Å²) in [4.78, 5) is 21.5. The zero-order chi connectivity index (χ0) is 28.7. The smallest absolute Gasteiger partial charge is 0.387 e. The number of aromatic nitrogens is 3. The molecule has 0 bridgehead atoms. The minimum atomic E-state index is -3.26. The molecular formula is C26H28F2N6O5S. The summed E-state index contributed by atoms with van der Waals surface area (Å²) < 4.78 is 60.8. The van der Waals surface area contributed by atoms with E-state index in [0.717, 1.165) is 23.1 Å². The molecule has 40 heavy (non-hydrogen) atoms. The highest BCUT2D eigenvalue weighted by molar-refractivity contribution is 7.88. The lowest BCUT2D eigenvalue weighted by atomic mass is 10.1. The van der Waals surface area contributed by atoms with Gasteiger partial charge in [0.1, 0.15) is 5.75 Å². The lowest BCUT2D eigenvalue weighted by Gasteiger charge is -2.12. The van der Waals surface area contributed by atoms with Crippen LogP contribution in [0.25, 0.3) is 16.9 Å². The molecule has 4 aromatic rings. The van der Waals surface area contributed by atoms with E-state index < -0.39 is 16.6 Å². The van der Waals surface area contributed by atoms with Gasteiger partial charge in [0.2, 0.25) is 10.0 Å². The average Bonchev–Trinajstić information content (AvgIpc) is 3.33. The molecule has 0 aliphatic heterocycles. The minimum Gasteiger partial charge on any atom is -0.435 e. The number of anilines is 2. The third-order valence-electron chi connectivity index (χ3n) is 5.68. The van der Waals surface area contributed by atoms with E-state index in [1.54, 1.807) is 42.9 Å². The summed E-state index contributed by atoms with van der Waals surface area (Å²) >= 11 is 0. The Hall–Kier alpha value is -4.14. The van der Waals surface area contributed by atoms with Crippen molar-refractivity contribution in [3.05, 3.63) is 72.2 Å². The van der Waals surface area contributed by atoms with Crippen molar-refractivity contribution < 1.29 is 31.5 Å². The number of imidazole rings is 1. The van der Waals surface area contributed by atoms with Crippen molar-refractivity contribution >= 4 is 33.1 Å². The predicted octanol–water partition coefficient (Wildman–Crippen LogP) is 3.35. The second-order valence-electron chi connectivity index (χ2n) is 8.71. The molecular weight excluding hydrogens is 546 g/mol. The van der Waals surface area contributed by atoms with Crippen molar-refractivity contribution in [2.45, 2.75) is 13.5 Å². The third-order valence-corrected chi connectivity index (χ3v) is 6.41. The summed E-state index contributed by atoms with van der Waals surface area (Å²) in [6, 6.07) is 11.5. The van der Waals surface area contributed by atoms with Crippen LogP contribution >= 0.6 is 0 Å². The van der Waals surface area contributed by atoms with Crippen molar-refractivity contribution in [1.82, 2.24) is 24.4 Å². The van der Waals surface area contributed by atoms with Gasteiger partial charge in [0.25, 0.3) is 5.91 Å². The number of carbonyl (C=O) groups is 1. The summed E-state index contributed by atoms with van der Waals surface area (Å²) in [6.45, 7) is -0.203. The molecule has 0 saturated carbocycles. The first-order valence-corrected chi connectivity index (χ1v) is 14.1. The number of aryl methyl sites for hydroxylation is 1. The highest BCUT2D eigenvalue weighted by Gasteiger charge is 2.13. The van der Waals surface area contributed by atoms with Gasteiger partial charge in [0, 0.05) is 42.3 Å². The zero-order valence-electron chi connectivity index (χ0n) is 21.7. The quantitative estimate of drug-likeness (QED) is 0.207. The first-order valence-electron chi connectivity index (χ1n) is 12.2. The average molecular weight is 575 g/mol. The van der Waals surface area contributed by atoms with Gasteiger partial charge in [-0.3, -0.25) is 9.20 Å². The first kappa shape index (κ1) is 28.9. The number of nitrogens with zero attached hydrogens (tertiary/aromatic N) is 3. The van der Waals surface area contributed by atoms with Crippen LogP contribution in [0.5, 0.6) is 5.75 Å². The van der Waals surface area contributed by atoms with Crippen LogP contribution in [0.15, 0.2) is 61.1 Å². The molecule has 0 atom stereocenters. The lowest BCUT2D eigenvalue weighted by Crippen LogP contribution is -2.30. The van der Waals surface area contributed by atoms with Gasteiger partial charge in [-0.2, -0.15) is 8.78 Å². The maximum absolute atomic E-state index is 12.6. The summed E-state index contributed by atoms with van der Waals surface area (Å²) in [5.41, 5.74) is 3.99. The Kier molecular flexibility index (Phi) is 9.24. The van der Waals surface area contributed by atoms with Crippen LogP contribution in [-0.4, -0.2) is 67.9 Å². The van der Waals surface area contributed by atoms with E-state index in [2.05, 4.69) is 30.1 Å². The number of ether oxygens (including phenoxy) is 2. The number of fused-ring (bicyclic) bond motifs is 1. The maximum Gasteiger partial charge on any atom is 0.387 e. The van der Waals surface area contributed by atoms with Gasteiger partial charge in [-0.05, 0) is 55.0 Å². The molecule has 14 heteroatoms. The lowest BCUT2D eigenvalue weighted by molar-refractivity contribution is -0.0498. The molecule has 2 aromatic heterocycles. The number of nitrogens with one attached hydrogen (secondary N) is 3. The van der Waals surface area contributed by atoms with E-state index in [1.165, 1.54) is 12.1 Å². The summed E-state index contributed by atoms with van der Waals surface area (Å²) in [6.07, 6.45) is 6.09. The topological polar surface area (TPSA) is 136 Å². The number of hydrogen-bond donors (Lipinski definition) is 3. The minimum absolute atomic E-state index is 0.0666. The number of carbonyl (C=O) groups excluding carboxylic acids is 1. The molecule has 0 aliphatic rings. The Morgan fingerprint density at radius 2 is 1.82 bits per heavy atom. The largest absolute Gasteiger partial charge is 0.435 e. The second kappa shape index (κ2) is 12.8. The third kappa shape index (κ3) is 7.71. The molecule has 0 fully saturated rings. The fraction of sp³-hybridized carbons (Fsp3) is 0.269. The Bertz CT molecular complexity index is 1580. The molecule has 0 radical (unpaired) electrons. The zero-order valence-corrected chi connectivity index (χ0v) is 22.5. The molecule has 212 valence electrons. The summed E-state index contributed by atoms with van der Waals surface area (Å²) in [5, 5.41) is 6.01. The van der Waals surface area contributed by atoms with E-state index in [9.17, 15) is 22.0 Å². The van der Waals surface area contributed by atoms with E-state index >= 15 is 0 Å². The number of sulfonamides is 1. The van der Waals surface area contributed by atoms with Crippen LogP contribution in [0.3, 0.4) is 0 Å². The van der Waals surface area contributed by atoms with Gasteiger partial charge >= 0.3 is 6.61 Å². The summed E-state index contributed by atoms with van der Waals surface area (Å²) in [5.74, 6) is 0.299. The van der Waals surface area contributed by atoms with Crippen molar-refractivity contribution in [1.29, 1.82) is 0 Å². The van der Waals surface area contributed by atoms with Crippen molar-refractivity contribution in [3.63, 3.8) is 0 Å². The molecule has 0 spiro atoms. The number of alkyl halides is 2. The van der Waals surface area contributed by atoms with Crippen molar-refractivity contribution in [2.75, 3.05) is 37.9 Å². The molecule has 2 heterocycles. The van der Waals surface area contributed by atoms with Crippen LogP contribution in [0.1, 0.15) is 15.9 Å². The number of amides is 1. The van der Waals surface area contributed by atoms with E-state index in [4.69, 9.17) is 4.74 Å². The molecule has 4 rings (SSSR count). The van der Waals surface area contributed by atoms with Gasteiger partial charge in [-0.15, -0.1) is 0 Å². The molecule has 11 nitrogen and oxygen atoms in total. The molecule has 0 unspecified atom stereocenters. The van der Waals surface area contributed by atoms with Gasteiger partial charge in [-0.25, -0.2) is 23.1 Å². The molecule has 2 aromatic carbocycles. The number of halogens is 2. The van der Waals surface area contributed by atoms with Gasteiger partial charge < -0.3 is 20.1 Å². The predicted molar refractivity (Wildman–Crippen MR) is 146 cm³/mol. The van der Waals surface area contributed by atoms with E-state index in [0.29, 0.717) is 22.7 Å². The standard InChI is InChI=1S/C26H28F2N6O5S/c1-17-15-19(5-8-21(17)25(35)30-10-13-38-14-11-32-40(2,36)37)33-23-24-31-16-22(34(24)12-9-29-23)18-3-6-20(7-4-18)39-26(27)28/h3-9,12,15-16,26,32H,10-11,13-14H2,1-2H3,(H,29,33)(H,30,35). The molecule has 0 aliphatic carbocycles. The van der Waals surface area contributed by atoms with E-state index in [-0.39, 0.29) is 38.0 Å². The number of benzene rings is 2. The second-order valence-corrected chi connectivity index (χ2v) is 10.5.